The fourth-order valence-electron chi connectivity index (χ4n) is 4.06. The van der Waals surface area contributed by atoms with Crippen LogP contribution in [0.5, 0.6) is 0 Å². The summed E-state index contributed by atoms with van der Waals surface area (Å²) in [6.07, 6.45) is 5.61. The highest BCUT2D eigenvalue weighted by atomic mass is 32.1. The molecule has 0 radical (unpaired) electrons. The highest BCUT2D eigenvalue weighted by molar-refractivity contribution is 7.10. The number of para-hydroxylation sites is 1. The molecular weight excluding hydrogens is 316 g/mol. The van der Waals surface area contributed by atoms with Crippen LogP contribution in [0.4, 0.5) is 5.69 Å². The molecule has 24 heavy (non-hydrogen) atoms. The molecule has 1 aliphatic carbocycles. The van der Waals surface area contributed by atoms with Crippen molar-refractivity contribution in [3.63, 3.8) is 0 Å². The Morgan fingerprint density at radius 2 is 2.04 bits per heavy atom. The number of amides is 1. The number of rotatable bonds is 5. The van der Waals surface area contributed by atoms with Gasteiger partial charge >= 0.3 is 0 Å². The maximum Gasteiger partial charge on any atom is 0.223 e. The Balaban J connectivity index is 1.52. The van der Waals surface area contributed by atoms with Crippen LogP contribution in [0.25, 0.3) is 0 Å². The van der Waals surface area contributed by atoms with Gasteiger partial charge in [-0.1, -0.05) is 37.1 Å². The van der Waals surface area contributed by atoms with Crippen molar-refractivity contribution in [3.8, 4) is 0 Å². The van der Waals surface area contributed by atoms with Gasteiger partial charge in [0.2, 0.25) is 5.91 Å². The summed E-state index contributed by atoms with van der Waals surface area (Å²) in [5, 5.41) is 5.37. The van der Waals surface area contributed by atoms with Crippen LogP contribution in [0.1, 0.15) is 42.2 Å². The molecule has 1 fully saturated rings. The van der Waals surface area contributed by atoms with E-state index in [4.69, 9.17) is 0 Å². The van der Waals surface area contributed by atoms with Gasteiger partial charge in [0, 0.05) is 29.6 Å². The van der Waals surface area contributed by atoms with E-state index in [0.717, 1.165) is 25.8 Å². The number of thiophene rings is 1. The molecule has 0 spiro atoms. The molecule has 1 atom stereocenters. The molecule has 3 nitrogen and oxygen atoms in total. The first kappa shape index (κ1) is 15.7. The Morgan fingerprint density at radius 1 is 1.21 bits per heavy atom. The third-order valence-corrected chi connectivity index (χ3v) is 6.34. The van der Waals surface area contributed by atoms with E-state index in [9.17, 15) is 4.79 Å². The Kier molecular flexibility index (Phi) is 4.56. The highest BCUT2D eigenvalue weighted by Crippen LogP contribution is 2.36. The standard InChI is InChI=1S/C20H24N2OS/c23-20(16-7-1-2-8-16)21-14-18(19-10-5-13-24-19)22-12-11-15-6-3-4-9-17(15)22/h3-6,9-10,13,16,18H,1-2,7-8,11-12,14H2,(H,21,23)/t18-/m1/s1. The molecule has 2 aliphatic rings. The molecule has 1 aliphatic heterocycles. The van der Waals surface area contributed by atoms with Gasteiger partial charge in [0.25, 0.3) is 0 Å². The molecule has 2 heterocycles. The van der Waals surface area contributed by atoms with Crippen LogP contribution in [0.3, 0.4) is 0 Å². The lowest BCUT2D eigenvalue weighted by atomic mass is 10.1. The first-order valence-corrected chi connectivity index (χ1v) is 9.86. The van der Waals surface area contributed by atoms with Gasteiger partial charge in [0.1, 0.15) is 0 Å². The summed E-state index contributed by atoms with van der Waals surface area (Å²) < 4.78 is 0. The second-order valence-electron chi connectivity index (χ2n) is 6.83. The summed E-state index contributed by atoms with van der Waals surface area (Å²) in [6.45, 7) is 1.73. The van der Waals surface area contributed by atoms with Crippen molar-refractivity contribution < 1.29 is 4.79 Å². The average Bonchev–Trinajstić information content (AvgIpc) is 3.37. The van der Waals surface area contributed by atoms with Crippen molar-refractivity contribution in [3.05, 3.63) is 52.2 Å². The van der Waals surface area contributed by atoms with Crippen molar-refractivity contribution in [2.45, 2.75) is 38.1 Å². The number of nitrogens with zero attached hydrogens (tertiary/aromatic N) is 1. The molecule has 0 bridgehead atoms. The lowest BCUT2D eigenvalue weighted by molar-refractivity contribution is -0.124. The molecule has 0 unspecified atom stereocenters. The van der Waals surface area contributed by atoms with E-state index < -0.39 is 0 Å². The van der Waals surface area contributed by atoms with Gasteiger partial charge in [-0.25, -0.2) is 0 Å². The van der Waals surface area contributed by atoms with Crippen molar-refractivity contribution in [1.82, 2.24) is 5.32 Å². The van der Waals surface area contributed by atoms with Crippen molar-refractivity contribution in [2.75, 3.05) is 18.0 Å². The molecule has 1 aromatic carbocycles. The van der Waals surface area contributed by atoms with Gasteiger partial charge in [-0.05, 0) is 42.3 Å². The van der Waals surface area contributed by atoms with Crippen LogP contribution in [0.2, 0.25) is 0 Å². The molecule has 4 heteroatoms. The number of hydrogen-bond donors (Lipinski definition) is 1. The number of carbonyl (C=O) groups excluding carboxylic acids is 1. The van der Waals surface area contributed by atoms with E-state index in [1.165, 1.54) is 29.0 Å². The molecular formula is C20H24N2OS. The summed E-state index contributed by atoms with van der Waals surface area (Å²) in [5.41, 5.74) is 2.74. The van der Waals surface area contributed by atoms with Gasteiger partial charge < -0.3 is 10.2 Å². The minimum Gasteiger partial charge on any atom is -0.361 e. The number of anilines is 1. The zero-order valence-corrected chi connectivity index (χ0v) is 14.7. The van der Waals surface area contributed by atoms with Gasteiger partial charge in [-0.15, -0.1) is 11.3 Å². The van der Waals surface area contributed by atoms with E-state index >= 15 is 0 Å². The van der Waals surface area contributed by atoms with Gasteiger partial charge in [0.05, 0.1) is 6.04 Å². The Hall–Kier alpha value is -1.81. The van der Waals surface area contributed by atoms with Gasteiger partial charge in [0.15, 0.2) is 0 Å². The molecule has 0 saturated heterocycles. The number of hydrogen-bond acceptors (Lipinski definition) is 3. The lowest BCUT2D eigenvalue weighted by Crippen LogP contribution is -2.39. The predicted octanol–water partition coefficient (Wildman–Crippen LogP) is 4.16. The minimum atomic E-state index is 0.235. The fraction of sp³-hybridized carbons (Fsp3) is 0.450. The molecule has 1 saturated carbocycles. The molecule has 126 valence electrons. The van der Waals surface area contributed by atoms with Crippen molar-refractivity contribution in [1.29, 1.82) is 0 Å². The third-order valence-electron chi connectivity index (χ3n) is 5.37. The number of carbonyl (C=O) groups is 1. The zero-order valence-electron chi connectivity index (χ0n) is 13.9. The summed E-state index contributed by atoms with van der Waals surface area (Å²) in [5.74, 6) is 0.487. The van der Waals surface area contributed by atoms with E-state index in [1.54, 1.807) is 11.3 Å². The van der Waals surface area contributed by atoms with Crippen molar-refractivity contribution >= 4 is 22.9 Å². The number of benzene rings is 1. The van der Waals surface area contributed by atoms with E-state index in [0.29, 0.717) is 6.54 Å². The second-order valence-corrected chi connectivity index (χ2v) is 7.81. The third kappa shape index (κ3) is 3.07. The largest absolute Gasteiger partial charge is 0.361 e. The summed E-state index contributed by atoms with van der Waals surface area (Å²) >= 11 is 1.78. The summed E-state index contributed by atoms with van der Waals surface area (Å²) in [4.78, 5) is 16.3. The van der Waals surface area contributed by atoms with E-state index in [1.807, 2.05) is 0 Å². The van der Waals surface area contributed by atoms with Gasteiger partial charge in [-0.3, -0.25) is 4.79 Å². The highest BCUT2D eigenvalue weighted by Gasteiger charge is 2.29. The Morgan fingerprint density at radius 3 is 2.83 bits per heavy atom. The topological polar surface area (TPSA) is 32.3 Å². The SMILES string of the molecule is O=C(NC[C@H](c1cccs1)N1CCc2ccccc21)C1CCCC1. The van der Waals surface area contributed by atoms with Crippen molar-refractivity contribution in [2.24, 2.45) is 5.92 Å². The van der Waals surface area contributed by atoms with Crippen LogP contribution in [0, 0.1) is 5.92 Å². The van der Waals surface area contributed by atoms with Crippen LogP contribution in [0.15, 0.2) is 41.8 Å². The number of fused-ring (bicyclic) bond motifs is 1. The quantitative estimate of drug-likeness (QED) is 0.886. The molecule has 1 N–H and O–H groups in total. The van der Waals surface area contributed by atoms with Crippen LogP contribution in [-0.2, 0) is 11.2 Å². The molecule has 1 amide bonds. The smallest absolute Gasteiger partial charge is 0.223 e. The maximum absolute atomic E-state index is 12.5. The lowest BCUT2D eigenvalue weighted by Gasteiger charge is -2.30. The minimum absolute atomic E-state index is 0.235. The molecule has 1 aromatic heterocycles. The van der Waals surface area contributed by atoms with Crippen LogP contribution < -0.4 is 10.2 Å². The Labute approximate surface area is 147 Å². The summed E-state index contributed by atoms with van der Waals surface area (Å²) in [7, 11) is 0. The predicted molar refractivity (Wildman–Crippen MR) is 99.5 cm³/mol. The average molecular weight is 340 g/mol. The van der Waals surface area contributed by atoms with Crippen LogP contribution in [-0.4, -0.2) is 19.0 Å². The zero-order chi connectivity index (χ0) is 16.4. The Bertz CT molecular complexity index is 691. The van der Waals surface area contributed by atoms with Gasteiger partial charge in [-0.2, -0.15) is 0 Å². The number of nitrogens with one attached hydrogen (secondary N) is 1. The van der Waals surface area contributed by atoms with E-state index in [2.05, 4.69) is 52.0 Å². The first-order chi connectivity index (χ1) is 11.8. The molecule has 4 rings (SSSR count). The van der Waals surface area contributed by atoms with E-state index in [-0.39, 0.29) is 17.9 Å². The maximum atomic E-state index is 12.5. The first-order valence-electron chi connectivity index (χ1n) is 8.98. The van der Waals surface area contributed by atoms with Crippen LogP contribution >= 0.6 is 11.3 Å². The fourth-order valence-corrected chi connectivity index (χ4v) is 4.90. The molecule has 2 aromatic rings. The monoisotopic (exact) mass is 340 g/mol. The second kappa shape index (κ2) is 6.98. The normalized spacial score (nSPS) is 18.6. The summed E-state index contributed by atoms with van der Waals surface area (Å²) in [6, 6.07) is 13.2.